The van der Waals surface area contributed by atoms with Gasteiger partial charge in [0.2, 0.25) is 8.40 Å². The summed E-state index contributed by atoms with van der Waals surface area (Å²) in [6, 6.07) is 0. The lowest BCUT2D eigenvalue weighted by Gasteiger charge is -2.50. The van der Waals surface area contributed by atoms with Crippen molar-refractivity contribution >= 4 is 8.40 Å². The molecule has 0 unspecified atom stereocenters. The summed E-state index contributed by atoms with van der Waals surface area (Å²) in [4.78, 5) is 0. The predicted octanol–water partition coefficient (Wildman–Crippen LogP) is 4.80. The topological polar surface area (TPSA) is 6.48 Å². The molecule has 0 amide bonds. The standard InChI is InChI=1S/C18H36N2Si/c1-10-19(11-2)21(9,20(12-3)13-4)18-16(7)14(5)15(6)17(18)8/h18H,10-13H2,1-9H3. The fourth-order valence-electron chi connectivity index (χ4n) is 4.46. The van der Waals surface area contributed by atoms with Crippen molar-refractivity contribution in [1.82, 2.24) is 9.13 Å². The third kappa shape index (κ3) is 2.93. The number of rotatable bonds is 7. The summed E-state index contributed by atoms with van der Waals surface area (Å²) >= 11 is 0. The van der Waals surface area contributed by atoms with Gasteiger partial charge in [-0.3, -0.25) is 0 Å². The van der Waals surface area contributed by atoms with Crippen LogP contribution in [0, 0.1) is 0 Å². The van der Waals surface area contributed by atoms with Gasteiger partial charge < -0.3 is 9.13 Å². The molecule has 0 atom stereocenters. The van der Waals surface area contributed by atoms with Crippen LogP contribution in [0.15, 0.2) is 22.3 Å². The molecule has 0 radical (unpaired) electrons. The van der Waals surface area contributed by atoms with Crippen LogP contribution in [0.5, 0.6) is 0 Å². The Balaban J connectivity index is 3.46. The van der Waals surface area contributed by atoms with Gasteiger partial charge in [-0.25, -0.2) is 0 Å². The molecule has 0 N–H and O–H groups in total. The Morgan fingerprint density at radius 1 is 0.714 bits per heavy atom. The van der Waals surface area contributed by atoms with Crippen LogP contribution in [0.3, 0.4) is 0 Å². The zero-order valence-electron chi connectivity index (χ0n) is 15.8. The van der Waals surface area contributed by atoms with Crippen LogP contribution in [0.1, 0.15) is 55.4 Å². The van der Waals surface area contributed by atoms with Gasteiger partial charge in [0, 0.05) is 5.54 Å². The van der Waals surface area contributed by atoms with E-state index in [0.29, 0.717) is 5.54 Å². The molecule has 1 rings (SSSR count). The summed E-state index contributed by atoms with van der Waals surface area (Å²) in [5, 5.41) is 0. The normalized spacial score (nSPS) is 17.9. The van der Waals surface area contributed by atoms with Gasteiger partial charge in [0.25, 0.3) is 0 Å². The van der Waals surface area contributed by atoms with Crippen molar-refractivity contribution in [2.75, 3.05) is 26.2 Å². The Kier molecular flexibility index (Phi) is 6.45. The highest BCUT2D eigenvalue weighted by Crippen LogP contribution is 2.48. The Morgan fingerprint density at radius 2 is 1.00 bits per heavy atom. The van der Waals surface area contributed by atoms with Gasteiger partial charge in [-0.2, -0.15) is 0 Å². The average Bonchev–Trinajstić information content (AvgIpc) is 2.65. The molecule has 21 heavy (non-hydrogen) atoms. The highest BCUT2D eigenvalue weighted by Gasteiger charge is 2.49. The number of allylic oxidation sites excluding steroid dienone is 4. The average molecular weight is 309 g/mol. The molecular weight excluding hydrogens is 272 g/mol. The lowest BCUT2D eigenvalue weighted by molar-refractivity contribution is 0.349. The van der Waals surface area contributed by atoms with E-state index in [2.05, 4.69) is 71.1 Å². The maximum Gasteiger partial charge on any atom is 0.215 e. The molecule has 0 aromatic heterocycles. The first-order valence-electron chi connectivity index (χ1n) is 8.66. The number of hydrogen-bond acceptors (Lipinski definition) is 2. The van der Waals surface area contributed by atoms with Gasteiger partial charge in [-0.05, 0) is 71.6 Å². The lowest BCUT2D eigenvalue weighted by atomic mass is 10.1. The molecule has 122 valence electrons. The van der Waals surface area contributed by atoms with Gasteiger partial charge >= 0.3 is 0 Å². The highest BCUT2D eigenvalue weighted by atomic mass is 28.3. The van der Waals surface area contributed by atoms with E-state index in [1.165, 1.54) is 11.1 Å². The molecule has 0 aromatic carbocycles. The lowest BCUT2D eigenvalue weighted by Crippen LogP contribution is -2.66. The second kappa shape index (κ2) is 7.25. The van der Waals surface area contributed by atoms with Crippen LogP contribution < -0.4 is 0 Å². The Hall–Kier alpha value is -0.383. The van der Waals surface area contributed by atoms with E-state index in [1.807, 2.05) is 0 Å². The minimum atomic E-state index is -1.73. The van der Waals surface area contributed by atoms with Crippen LogP contribution in [0.4, 0.5) is 0 Å². The van der Waals surface area contributed by atoms with Crippen LogP contribution in [-0.4, -0.2) is 43.7 Å². The number of nitrogens with zero attached hydrogens (tertiary/aromatic N) is 2. The van der Waals surface area contributed by atoms with Gasteiger partial charge in [-0.15, -0.1) is 0 Å². The van der Waals surface area contributed by atoms with E-state index >= 15 is 0 Å². The van der Waals surface area contributed by atoms with E-state index in [1.54, 1.807) is 11.1 Å². The summed E-state index contributed by atoms with van der Waals surface area (Å²) in [5.41, 5.74) is 6.97. The molecule has 2 nitrogen and oxygen atoms in total. The molecule has 3 heteroatoms. The molecule has 0 aromatic rings. The van der Waals surface area contributed by atoms with Crippen molar-refractivity contribution in [3.8, 4) is 0 Å². The maximum absolute atomic E-state index is 2.78. The molecule has 0 bridgehead atoms. The number of hydrogen-bond donors (Lipinski definition) is 0. The Labute approximate surface area is 134 Å². The molecule has 1 aliphatic carbocycles. The molecule has 0 fully saturated rings. The minimum Gasteiger partial charge on any atom is -0.312 e. The zero-order chi connectivity index (χ0) is 16.4. The molecule has 0 saturated heterocycles. The van der Waals surface area contributed by atoms with Crippen molar-refractivity contribution in [2.24, 2.45) is 0 Å². The van der Waals surface area contributed by atoms with E-state index in [0.717, 1.165) is 26.2 Å². The molecule has 1 aliphatic rings. The molecule has 0 saturated carbocycles. The fourth-order valence-corrected chi connectivity index (χ4v) is 10.2. The van der Waals surface area contributed by atoms with Crippen LogP contribution in [0.2, 0.25) is 12.1 Å². The van der Waals surface area contributed by atoms with Gasteiger partial charge in [0.1, 0.15) is 0 Å². The summed E-state index contributed by atoms with van der Waals surface area (Å²) in [7, 11) is -1.73. The third-order valence-electron chi connectivity index (χ3n) is 5.97. The maximum atomic E-state index is 2.78. The summed E-state index contributed by atoms with van der Waals surface area (Å²) in [6.45, 7) is 25.9. The molecule has 0 heterocycles. The van der Waals surface area contributed by atoms with E-state index in [9.17, 15) is 0 Å². The van der Waals surface area contributed by atoms with E-state index in [4.69, 9.17) is 0 Å². The smallest absolute Gasteiger partial charge is 0.215 e. The van der Waals surface area contributed by atoms with Crippen molar-refractivity contribution in [3.05, 3.63) is 22.3 Å². The van der Waals surface area contributed by atoms with Crippen molar-refractivity contribution < 1.29 is 0 Å². The molecule has 0 aliphatic heterocycles. The zero-order valence-corrected chi connectivity index (χ0v) is 16.8. The van der Waals surface area contributed by atoms with Crippen molar-refractivity contribution in [1.29, 1.82) is 0 Å². The van der Waals surface area contributed by atoms with Crippen LogP contribution >= 0.6 is 0 Å². The second-order valence-corrected chi connectivity index (χ2v) is 10.5. The monoisotopic (exact) mass is 308 g/mol. The first-order chi connectivity index (χ1) is 9.80. The van der Waals surface area contributed by atoms with Crippen LogP contribution in [0.25, 0.3) is 0 Å². The van der Waals surface area contributed by atoms with Gasteiger partial charge in [-0.1, -0.05) is 38.8 Å². The minimum absolute atomic E-state index is 0.650. The second-order valence-electron chi connectivity index (χ2n) is 6.49. The first-order valence-corrected chi connectivity index (χ1v) is 11.1. The highest BCUT2D eigenvalue weighted by molar-refractivity contribution is 6.76. The molecular formula is C18H36N2Si. The van der Waals surface area contributed by atoms with Crippen molar-refractivity contribution in [3.63, 3.8) is 0 Å². The Bertz CT molecular complexity index is 392. The first kappa shape index (κ1) is 18.7. The van der Waals surface area contributed by atoms with Crippen LogP contribution in [-0.2, 0) is 0 Å². The summed E-state index contributed by atoms with van der Waals surface area (Å²) in [6.07, 6.45) is 0. The third-order valence-corrected chi connectivity index (χ3v) is 11.8. The van der Waals surface area contributed by atoms with Crippen molar-refractivity contribution in [2.45, 2.75) is 67.5 Å². The SMILES string of the molecule is CCN(CC)[Si](C)(C1C(C)=C(C)C(C)=C1C)N(CC)CC. The predicted molar refractivity (Wildman–Crippen MR) is 98.0 cm³/mol. The molecule has 0 spiro atoms. The quantitative estimate of drug-likeness (QED) is 0.623. The largest absolute Gasteiger partial charge is 0.312 e. The van der Waals surface area contributed by atoms with Gasteiger partial charge in [0.15, 0.2) is 0 Å². The fraction of sp³-hybridized carbons (Fsp3) is 0.778. The Morgan fingerprint density at radius 3 is 1.24 bits per heavy atom. The van der Waals surface area contributed by atoms with E-state index < -0.39 is 8.40 Å². The van der Waals surface area contributed by atoms with E-state index in [-0.39, 0.29) is 0 Å². The summed E-state index contributed by atoms with van der Waals surface area (Å²) < 4.78 is 5.56. The van der Waals surface area contributed by atoms with Gasteiger partial charge in [0.05, 0.1) is 0 Å². The summed E-state index contributed by atoms with van der Waals surface area (Å²) in [5.74, 6) is 0.